The Morgan fingerprint density at radius 1 is 1.27 bits per heavy atom. The van der Waals surface area contributed by atoms with Crippen LogP contribution in [0.15, 0.2) is 12.1 Å². The van der Waals surface area contributed by atoms with Crippen LogP contribution >= 0.6 is 0 Å². The normalized spacial score (nSPS) is 12.5. The molecule has 0 spiro atoms. The molecular weight excluding hydrogens is 213 g/mol. The summed E-state index contributed by atoms with van der Waals surface area (Å²) in [7, 11) is 0. The molecule has 1 atom stereocenters. The SMILES string of the molecule is O=C(O)C(O)Cc1c(F)ccc(F)c1F. The number of halogens is 3. The number of aliphatic carboxylic acids is 1. The Labute approximate surface area is 82.8 Å². The second kappa shape index (κ2) is 4.31. The van der Waals surface area contributed by atoms with E-state index in [1.165, 1.54) is 0 Å². The van der Waals surface area contributed by atoms with Gasteiger partial charge >= 0.3 is 5.97 Å². The van der Waals surface area contributed by atoms with Gasteiger partial charge in [-0.05, 0) is 12.1 Å². The van der Waals surface area contributed by atoms with Gasteiger partial charge in [-0.25, -0.2) is 18.0 Å². The van der Waals surface area contributed by atoms with E-state index in [0.29, 0.717) is 12.1 Å². The van der Waals surface area contributed by atoms with E-state index in [1.807, 2.05) is 0 Å². The van der Waals surface area contributed by atoms with E-state index in [0.717, 1.165) is 0 Å². The highest BCUT2D eigenvalue weighted by molar-refractivity contribution is 5.72. The van der Waals surface area contributed by atoms with Gasteiger partial charge in [-0.3, -0.25) is 0 Å². The first-order chi connectivity index (χ1) is 6.93. The molecule has 0 aliphatic rings. The zero-order valence-electron chi connectivity index (χ0n) is 7.38. The molecule has 0 radical (unpaired) electrons. The van der Waals surface area contributed by atoms with Crippen molar-refractivity contribution in [2.24, 2.45) is 0 Å². The van der Waals surface area contributed by atoms with Crippen LogP contribution in [-0.4, -0.2) is 22.3 Å². The summed E-state index contributed by atoms with van der Waals surface area (Å²) in [6, 6.07) is 1.25. The van der Waals surface area contributed by atoms with E-state index < -0.39 is 41.5 Å². The van der Waals surface area contributed by atoms with Crippen molar-refractivity contribution in [3.63, 3.8) is 0 Å². The Hall–Kier alpha value is -1.56. The third kappa shape index (κ3) is 2.47. The summed E-state index contributed by atoms with van der Waals surface area (Å²) >= 11 is 0. The highest BCUT2D eigenvalue weighted by Gasteiger charge is 2.21. The fourth-order valence-electron chi connectivity index (χ4n) is 1.04. The molecule has 1 unspecified atom stereocenters. The second-order valence-corrected chi connectivity index (χ2v) is 2.88. The van der Waals surface area contributed by atoms with Crippen molar-refractivity contribution in [3.8, 4) is 0 Å². The Morgan fingerprint density at radius 3 is 2.33 bits per heavy atom. The van der Waals surface area contributed by atoms with Gasteiger partial charge in [0.25, 0.3) is 0 Å². The third-order valence-electron chi connectivity index (χ3n) is 1.82. The van der Waals surface area contributed by atoms with Crippen LogP contribution in [0.4, 0.5) is 13.2 Å². The van der Waals surface area contributed by atoms with Crippen molar-refractivity contribution in [2.45, 2.75) is 12.5 Å². The van der Waals surface area contributed by atoms with Crippen LogP contribution in [0.2, 0.25) is 0 Å². The van der Waals surface area contributed by atoms with Crippen molar-refractivity contribution in [2.75, 3.05) is 0 Å². The number of carbonyl (C=O) groups is 1. The Morgan fingerprint density at radius 2 is 1.80 bits per heavy atom. The van der Waals surface area contributed by atoms with Crippen LogP contribution in [-0.2, 0) is 11.2 Å². The minimum Gasteiger partial charge on any atom is -0.479 e. The molecule has 0 fully saturated rings. The zero-order valence-corrected chi connectivity index (χ0v) is 7.38. The molecule has 0 aliphatic heterocycles. The molecule has 15 heavy (non-hydrogen) atoms. The molecule has 1 rings (SSSR count). The number of aliphatic hydroxyl groups is 1. The fraction of sp³-hybridized carbons (Fsp3) is 0.222. The maximum atomic E-state index is 13.0. The zero-order chi connectivity index (χ0) is 11.6. The number of rotatable bonds is 3. The second-order valence-electron chi connectivity index (χ2n) is 2.88. The minimum absolute atomic E-state index is 0.585. The van der Waals surface area contributed by atoms with Gasteiger partial charge in [0, 0.05) is 12.0 Å². The molecule has 0 aromatic heterocycles. The van der Waals surface area contributed by atoms with Crippen LogP contribution in [0.3, 0.4) is 0 Å². The van der Waals surface area contributed by atoms with Gasteiger partial charge in [0.2, 0.25) is 0 Å². The van der Waals surface area contributed by atoms with Gasteiger partial charge in [0.15, 0.2) is 17.7 Å². The van der Waals surface area contributed by atoms with Crippen LogP contribution < -0.4 is 0 Å². The highest BCUT2D eigenvalue weighted by atomic mass is 19.2. The number of hydrogen-bond donors (Lipinski definition) is 2. The maximum Gasteiger partial charge on any atom is 0.332 e. The number of carboxylic acids is 1. The summed E-state index contributed by atoms with van der Waals surface area (Å²) in [6.07, 6.45) is -2.78. The first kappa shape index (κ1) is 11.5. The van der Waals surface area contributed by atoms with Crippen molar-refractivity contribution in [1.82, 2.24) is 0 Å². The van der Waals surface area contributed by atoms with E-state index >= 15 is 0 Å². The van der Waals surface area contributed by atoms with Gasteiger partial charge in [0.1, 0.15) is 5.82 Å². The lowest BCUT2D eigenvalue weighted by Gasteiger charge is -2.08. The van der Waals surface area contributed by atoms with Crippen LogP contribution in [0, 0.1) is 17.5 Å². The van der Waals surface area contributed by atoms with E-state index in [-0.39, 0.29) is 0 Å². The van der Waals surface area contributed by atoms with E-state index in [4.69, 9.17) is 10.2 Å². The first-order valence-corrected chi connectivity index (χ1v) is 3.96. The monoisotopic (exact) mass is 220 g/mol. The van der Waals surface area contributed by atoms with Gasteiger partial charge < -0.3 is 10.2 Å². The lowest BCUT2D eigenvalue weighted by atomic mass is 10.1. The minimum atomic E-state index is -1.96. The van der Waals surface area contributed by atoms with E-state index in [2.05, 4.69) is 0 Å². The van der Waals surface area contributed by atoms with Gasteiger partial charge in [-0.2, -0.15) is 0 Å². The van der Waals surface area contributed by atoms with Crippen molar-refractivity contribution in [3.05, 3.63) is 35.1 Å². The molecule has 6 heteroatoms. The maximum absolute atomic E-state index is 13.0. The average molecular weight is 220 g/mol. The predicted molar refractivity (Wildman–Crippen MR) is 43.7 cm³/mol. The van der Waals surface area contributed by atoms with Crippen LogP contribution in [0.5, 0.6) is 0 Å². The van der Waals surface area contributed by atoms with Crippen molar-refractivity contribution >= 4 is 5.97 Å². The molecule has 2 N–H and O–H groups in total. The van der Waals surface area contributed by atoms with Crippen molar-refractivity contribution in [1.29, 1.82) is 0 Å². The Bertz CT molecular complexity index is 392. The molecule has 0 amide bonds. The summed E-state index contributed by atoms with van der Waals surface area (Å²) in [5.41, 5.74) is -0.773. The standard InChI is InChI=1S/C9H7F3O3/c10-5-1-2-6(11)8(12)4(5)3-7(13)9(14)15/h1-2,7,13H,3H2,(H,14,15). The quantitative estimate of drug-likeness (QED) is 0.749. The lowest BCUT2D eigenvalue weighted by Crippen LogP contribution is -2.23. The van der Waals surface area contributed by atoms with Crippen LogP contribution in [0.25, 0.3) is 0 Å². The number of aliphatic hydroxyl groups excluding tert-OH is 1. The Kier molecular flexibility index (Phi) is 3.31. The molecular formula is C9H7F3O3. The molecule has 0 bridgehead atoms. The van der Waals surface area contributed by atoms with E-state index in [1.54, 1.807) is 0 Å². The molecule has 82 valence electrons. The van der Waals surface area contributed by atoms with Crippen LogP contribution in [0.1, 0.15) is 5.56 Å². The first-order valence-electron chi connectivity index (χ1n) is 3.96. The molecule has 0 heterocycles. The van der Waals surface area contributed by atoms with Gasteiger partial charge in [-0.15, -0.1) is 0 Å². The summed E-state index contributed by atoms with van der Waals surface area (Å²) in [6.45, 7) is 0. The van der Waals surface area contributed by atoms with Gasteiger partial charge in [0.05, 0.1) is 0 Å². The Balaban J connectivity index is 3.03. The smallest absolute Gasteiger partial charge is 0.332 e. The summed E-state index contributed by atoms with van der Waals surface area (Å²) in [5.74, 6) is -5.48. The third-order valence-corrected chi connectivity index (χ3v) is 1.82. The number of benzene rings is 1. The molecule has 1 aromatic carbocycles. The summed E-state index contributed by atoms with van der Waals surface area (Å²) in [4.78, 5) is 10.2. The summed E-state index contributed by atoms with van der Waals surface area (Å²) in [5, 5.41) is 17.2. The highest BCUT2D eigenvalue weighted by Crippen LogP contribution is 2.17. The molecule has 1 aromatic rings. The number of hydrogen-bond acceptors (Lipinski definition) is 2. The largest absolute Gasteiger partial charge is 0.479 e. The van der Waals surface area contributed by atoms with E-state index in [9.17, 15) is 18.0 Å². The fourth-order valence-corrected chi connectivity index (χ4v) is 1.04. The molecule has 3 nitrogen and oxygen atoms in total. The summed E-state index contributed by atoms with van der Waals surface area (Å²) < 4.78 is 38.6. The molecule has 0 saturated carbocycles. The lowest BCUT2D eigenvalue weighted by molar-refractivity contribution is -0.146. The topological polar surface area (TPSA) is 57.5 Å². The average Bonchev–Trinajstić information content (AvgIpc) is 2.18. The van der Waals surface area contributed by atoms with Gasteiger partial charge in [-0.1, -0.05) is 0 Å². The number of carboxylic acid groups (broad SMARTS) is 1. The molecule has 0 aliphatic carbocycles. The molecule has 0 saturated heterocycles. The predicted octanol–water partition coefficient (Wildman–Crippen LogP) is 1.09. The van der Waals surface area contributed by atoms with Crippen molar-refractivity contribution < 1.29 is 28.2 Å².